The second-order valence-electron chi connectivity index (χ2n) is 5.55. The first-order valence-corrected chi connectivity index (χ1v) is 9.47. The molecule has 0 aromatic heterocycles. The van der Waals surface area contributed by atoms with Crippen LogP contribution in [0.5, 0.6) is 0 Å². The van der Waals surface area contributed by atoms with Crippen molar-refractivity contribution in [2.75, 3.05) is 13.1 Å². The van der Waals surface area contributed by atoms with Gasteiger partial charge in [-0.15, -0.1) is 0 Å². The van der Waals surface area contributed by atoms with Crippen molar-refractivity contribution in [1.29, 1.82) is 0 Å². The lowest BCUT2D eigenvalue weighted by molar-refractivity contribution is -0.120. The standard InChI is InChI=1S/C18H19FN2O4S/c1-13(26(24,25)16-9-7-15(19)8-10-16)17(22)20-11-12-21-18(23)14-5-3-2-4-6-14/h2-10,13H,11-12H2,1H3,(H,20,22)(H,21,23). The van der Waals surface area contributed by atoms with Gasteiger partial charge in [-0.3, -0.25) is 9.59 Å². The van der Waals surface area contributed by atoms with Gasteiger partial charge in [-0.05, 0) is 43.3 Å². The van der Waals surface area contributed by atoms with E-state index < -0.39 is 26.8 Å². The predicted molar refractivity (Wildman–Crippen MR) is 94.8 cm³/mol. The quantitative estimate of drug-likeness (QED) is 0.565. The molecule has 0 aliphatic rings. The first-order valence-electron chi connectivity index (χ1n) is 7.93. The van der Waals surface area contributed by atoms with Crippen LogP contribution >= 0.6 is 0 Å². The van der Waals surface area contributed by atoms with E-state index in [1.165, 1.54) is 6.92 Å². The Morgan fingerprint density at radius 3 is 2.15 bits per heavy atom. The van der Waals surface area contributed by atoms with Gasteiger partial charge >= 0.3 is 0 Å². The molecule has 0 saturated carbocycles. The van der Waals surface area contributed by atoms with E-state index in [0.717, 1.165) is 24.3 Å². The van der Waals surface area contributed by atoms with Crippen LogP contribution in [0.25, 0.3) is 0 Å². The summed E-state index contributed by atoms with van der Waals surface area (Å²) in [6.45, 7) is 1.50. The van der Waals surface area contributed by atoms with Crippen molar-refractivity contribution < 1.29 is 22.4 Å². The Hall–Kier alpha value is -2.74. The summed E-state index contributed by atoms with van der Waals surface area (Å²) in [5.41, 5.74) is 0.492. The lowest BCUT2D eigenvalue weighted by Crippen LogP contribution is -2.41. The molecule has 1 unspecified atom stereocenters. The average Bonchev–Trinajstić information content (AvgIpc) is 2.65. The van der Waals surface area contributed by atoms with E-state index in [4.69, 9.17) is 0 Å². The Labute approximate surface area is 151 Å². The zero-order chi connectivity index (χ0) is 19.2. The average molecular weight is 378 g/mol. The summed E-state index contributed by atoms with van der Waals surface area (Å²) < 4.78 is 37.6. The van der Waals surface area contributed by atoms with Crippen molar-refractivity contribution in [2.45, 2.75) is 17.1 Å². The number of rotatable bonds is 7. The van der Waals surface area contributed by atoms with Crippen molar-refractivity contribution in [3.8, 4) is 0 Å². The smallest absolute Gasteiger partial charge is 0.251 e. The van der Waals surface area contributed by atoms with Crippen LogP contribution in [0.3, 0.4) is 0 Å². The zero-order valence-electron chi connectivity index (χ0n) is 14.1. The molecule has 26 heavy (non-hydrogen) atoms. The van der Waals surface area contributed by atoms with Crippen LogP contribution in [-0.4, -0.2) is 38.6 Å². The maximum atomic E-state index is 12.9. The van der Waals surface area contributed by atoms with Gasteiger partial charge in [0.25, 0.3) is 5.91 Å². The number of benzene rings is 2. The molecule has 0 bridgehead atoms. The van der Waals surface area contributed by atoms with Gasteiger partial charge in [0, 0.05) is 18.7 Å². The number of halogens is 1. The predicted octanol–water partition coefficient (Wildman–Crippen LogP) is 1.53. The number of hydrogen-bond donors (Lipinski definition) is 2. The molecule has 0 radical (unpaired) electrons. The lowest BCUT2D eigenvalue weighted by Gasteiger charge is -2.13. The van der Waals surface area contributed by atoms with E-state index in [0.29, 0.717) is 5.56 Å². The van der Waals surface area contributed by atoms with E-state index in [2.05, 4.69) is 10.6 Å². The zero-order valence-corrected chi connectivity index (χ0v) is 14.9. The van der Waals surface area contributed by atoms with Crippen molar-refractivity contribution in [3.05, 3.63) is 66.0 Å². The largest absolute Gasteiger partial charge is 0.353 e. The van der Waals surface area contributed by atoms with Crippen LogP contribution in [0.4, 0.5) is 4.39 Å². The fourth-order valence-electron chi connectivity index (χ4n) is 2.17. The molecule has 0 fully saturated rings. The van der Waals surface area contributed by atoms with Crippen LogP contribution in [0.2, 0.25) is 0 Å². The molecule has 2 N–H and O–H groups in total. The molecule has 2 rings (SSSR count). The molecule has 2 amide bonds. The highest BCUT2D eigenvalue weighted by molar-refractivity contribution is 7.92. The van der Waals surface area contributed by atoms with E-state index in [1.807, 2.05) is 0 Å². The minimum absolute atomic E-state index is 0.0840. The molecule has 0 spiro atoms. The third kappa shape index (κ3) is 4.89. The highest BCUT2D eigenvalue weighted by Crippen LogP contribution is 2.16. The Balaban J connectivity index is 1.85. The SMILES string of the molecule is CC(C(=O)NCCNC(=O)c1ccccc1)S(=O)(=O)c1ccc(F)cc1. The monoisotopic (exact) mass is 378 g/mol. The second-order valence-corrected chi connectivity index (χ2v) is 7.82. The van der Waals surface area contributed by atoms with Crippen molar-refractivity contribution in [3.63, 3.8) is 0 Å². The molecule has 0 saturated heterocycles. The first-order chi connectivity index (χ1) is 12.3. The van der Waals surface area contributed by atoms with Gasteiger partial charge in [-0.25, -0.2) is 12.8 Å². The van der Waals surface area contributed by atoms with Gasteiger partial charge in [0.05, 0.1) is 4.90 Å². The van der Waals surface area contributed by atoms with Gasteiger partial charge in [0.15, 0.2) is 9.84 Å². The van der Waals surface area contributed by atoms with E-state index in [-0.39, 0.29) is 23.9 Å². The molecule has 0 aliphatic carbocycles. The van der Waals surface area contributed by atoms with Gasteiger partial charge in [0.1, 0.15) is 11.1 Å². The van der Waals surface area contributed by atoms with E-state index in [1.54, 1.807) is 30.3 Å². The van der Waals surface area contributed by atoms with Gasteiger partial charge in [-0.2, -0.15) is 0 Å². The van der Waals surface area contributed by atoms with Crippen LogP contribution in [-0.2, 0) is 14.6 Å². The van der Waals surface area contributed by atoms with E-state index in [9.17, 15) is 22.4 Å². The van der Waals surface area contributed by atoms with Crippen LogP contribution in [0.1, 0.15) is 17.3 Å². The summed E-state index contributed by atoms with van der Waals surface area (Å²) in [6.07, 6.45) is 0. The van der Waals surface area contributed by atoms with Crippen LogP contribution in [0.15, 0.2) is 59.5 Å². The van der Waals surface area contributed by atoms with Crippen molar-refractivity contribution >= 4 is 21.7 Å². The summed E-state index contributed by atoms with van der Waals surface area (Å²) in [5.74, 6) is -1.54. The third-order valence-electron chi connectivity index (χ3n) is 3.72. The van der Waals surface area contributed by atoms with Gasteiger partial charge < -0.3 is 10.6 Å². The number of carbonyl (C=O) groups excluding carboxylic acids is 2. The minimum Gasteiger partial charge on any atom is -0.353 e. The molecule has 6 nitrogen and oxygen atoms in total. The summed E-state index contributed by atoms with van der Waals surface area (Å²) in [4.78, 5) is 23.8. The maximum Gasteiger partial charge on any atom is 0.251 e. The Morgan fingerprint density at radius 2 is 1.54 bits per heavy atom. The third-order valence-corrected chi connectivity index (χ3v) is 5.80. The molecule has 8 heteroatoms. The molecular formula is C18H19FN2O4S. The summed E-state index contributed by atoms with van der Waals surface area (Å²) in [6, 6.07) is 12.9. The maximum absolute atomic E-state index is 12.9. The summed E-state index contributed by atoms with van der Waals surface area (Å²) >= 11 is 0. The lowest BCUT2D eigenvalue weighted by atomic mass is 10.2. The highest BCUT2D eigenvalue weighted by Gasteiger charge is 2.29. The molecule has 138 valence electrons. The Bertz CT molecular complexity index is 868. The summed E-state index contributed by atoms with van der Waals surface area (Å²) in [7, 11) is -3.92. The van der Waals surface area contributed by atoms with Crippen LogP contribution in [0, 0.1) is 5.82 Å². The Morgan fingerprint density at radius 1 is 0.962 bits per heavy atom. The van der Waals surface area contributed by atoms with Crippen molar-refractivity contribution in [2.24, 2.45) is 0 Å². The molecule has 0 aliphatic heterocycles. The van der Waals surface area contributed by atoms with Crippen molar-refractivity contribution in [1.82, 2.24) is 10.6 Å². The van der Waals surface area contributed by atoms with Gasteiger partial charge in [0.2, 0.25) is 5.91 Å². The normalized spacial score (nSPS) is 12.2. The second kappa shape index (κ2) is 8.57. The van der Waals surface area contributed by atoms with Gasteiger partial charge in [-0.1, -0.05) is 18.2 Å². The number of hydrogen-bond acceptors (Lipinski definition) is 4. The number of carbonyl (C=O) groups is 2. The molecule has 2 aromatic rings. The first kappa shape index (κ1) is 19.6. The number of nitrogens with one attached hydrogen (secondary N) is 2. The fourth-order valence-corrected chi connectivity index (χ4v) is 3.46. The fraction of sp³-hybridized carbons (Fsp3) is 0.222. The summed E-state index contributed by atoms with van der Waals surface area (Å²) in [5, 5.41) is 3.76. The topological polar surface area (TPSA) is 92.3 Å². The molecule has 2 aromatic carbocycles. The molecule has 1 atom stereocenters. The van der Waals surface area contributed by atoms with Crippen LogP contribution < -0.4 is 10.6 Å². The number of amides is 2. The van der Waals surface area contributed by atoms with E-state index >= 15 is 0 Å². The Kier molecular flexibility index (Phi) is 6.46. The number of sulfone groups is 1. The minimum atomic E-state index is -3.92. The molecular weight excluding hydrogens is 359 g/mol. The molecule has 0 heterocycles. The highest BCUT2D eigenvalue weighted by atomic mass is 32.2.